The van der Waals surface area contributed by atoms with Crippen molar-refractivity contribution in [1.82, 2.24) is 19.6 Å². The molecule has 0 unspecified atom stereocenters. The van der Waals surface area contributed by atoms with Crippen LogP contribution in [0.5, 0.6) is 23.0 Å². The Bertz CT molecular complexity index is 1570. The maximum absolute atomic E-state index is 12.1. The van der Waals surface area contributed by atoms with Crippen molar-refractivity contribution in [3.05, 3.63) is 70.8 Å². The molecule has 0 aromatic heterocycles. The number of aromatic hydroxyl groups is 4. The molecule has 0 saturated carbocycles. The minimum atomic E-state index is 0.116. The lowest BCUT2D eigenvalue weighted by Crippen LogP contribution is -2.22. The second-order valence-electron chi connectivity index (χ2n) is 14.0. The lowest BCUT2D eigenvalue weighted by Gasteiger charge is -2.23. The van der Waals surface area contributed by atoms with Gasteiger partial charge in [-0.2, -0.15) is 0 Å². The summed E-state index contributed by atoms with van der Waals surface area (Å²) >= 11 is 5.42. The lowest BCUT2D eigenvalue weighted by atomic mass is 10.2. The molecule has 304 valence electrons. The van der Waals surface area contributed by atoms with Gasteiger partial charge in [0, 0.05) is 26.2 Å². The van der Waals surface area contributed by atoms with Crippen molar-refractivity contribution in [3.8, 4) is 23.0 Å². The summed E-state index contributed by atoms with van der Waals surface area (Å²) in [6, 6.07) is 16.2. The Hall–Kier alpha value is -2.68. The summed E-state index contributed by atoms with van der Waals surface area (Å²) < 4.78 is 0. The molecule has 0 aliphatic carbocycles. The monoisotopic (exact) mass is 836 g/mol. The molecular weight excluding hydrogens is 777 g/mol. The normalized spacial score (nSPS) is 13.1. The number of nitrogens with zero attached hydrogens (tertiary/aromatic N) is 4. The van der Waals surface area contributed by atoms with Crippen molar-refractivity contribution in [2.45, 2.75) is 121 Å². The van der Waals surface area contributed by atoms with Crippen LogP contribution in [0.3, 0.4) is 0 Å². The van der Waals surface area contributed by atoms with Crippen LogP contribution < -0.4 is 0 Å². The van der Waals surface area contributed by atoms with Crippen LogP contribution in [0.25, 0.3) is 0 Å². The van der Waals surface area contributed by atoms with E-state index >= 15 is 0 Å². The number of phenols is 4. The highest BCUT2D eigenvalue weighted by atomic mass is 32.2. The van der Waals surface area contributed by atoms with E-state index < -0.39 is 0 Å². The number of fused-ring (bicyclic) bond motifs is 8. The average molecular weight is 837 g/mol. The molecule has 56 heavy (non-hydrogen) atoms. The smallest absolute Gasteiger partial charge is 0.143 e. The first-order chi connectivity index (χ1) is 27.0. The van der Waals surface area contributed by atoms with Gasteiger partial charge in [0.2, 0.25) is 0 Å². The van der Waals surface area contributed by atoms with E-state index in [0.717, 1.165) is 74.6 Å². The van der Waals surface area contributed by atoms with Gasteiger partial charge in [0.15, 0.2) is 0 Å². The van der Waals surface area contributed by atoms with Crippen molar-refractivity contribution in [2.24, 2.45) is 0 Å². The van der Waals surface area contributed by atoms with Gasteiger partial charge in [0.1, 0.15) is 23.0 Å². The third-order valence-electron chi connectivity index (χ3n) is 10.5. The Kier molecular flexibility index (Phi) is 16.5. The molecule has 8 nitrogen and oxygen atoms in total. The van der Waals surface area contributed by atoms with Crippen molar-refractivity contribution < 1.29 is 20.4 Å². The van der Waals surface area contributed by atoms with Crippen molar-refractivity contribution >= 4 is 47.0 Å². The summed E-state index contributed by atoms with van der Waals surface area (Å²) in [5, 5.41) is 48.2. The maximum atomic E-state index is 12.1. The van der Waals surface area contributed by atoms with Gasteiger partial charge >= 0.3 is 0 Å². The second-order valence-corrected chi connectivity index (χ2v) is 18.4. The number of phenolic OH excluding ortho intramolecular Hbond substituents is 4. The zero-order chi connectivity index (χ0) is 40.5. The molecule has 4 aromatic rings. The fourth-order valence-corrected chi connectivity index (χ4v) is 11.4. The highest BCUT2D eigenvalue weighted by Crippen LogP contribution is 2.53. The van der Waals surface area contributed by atoms with E-state index in [2.05, 4.69) is 75.0 Å². The quantitative estimate of drug-likeness (QED) is 0.0762. The maximum Gasteiger partial charge on any atom is 0.143 e. The van der Waals surface area contributed by atoms with Gasteiger partial charge in [-0.15, -0.1) is 0 Å². The number of hydrogen-bond donors (Lipinski definition) is 4. The largest absolute Gasteiger partial charge is 0.506 e. The molecule has 4 N–H and O–H groups in total. The summed E-state index contributed by atoms with van der Waals surface area (Å²) in [5.74, 6) is 0.462. The predicted molar refractivity (Wildman–Crippen MR) is 235 cm³/mol. The van der Waals surface area contributed by atoms with Crippen LogP contribution in [0.1, 0.15) is 77.6 Å². The first kappa shape index (κ1) is 44.4. The Morgan fingerprint density at radius 1 is 0.304 bits per heavy atom. The minimum absolute atomic E-state index is 0.116. The van der Waals surface area contributed by atoms with Gasteiger partial charge < -0.3 is 20.4 Å². The van der Waals surface area contributed by atoms with Gasteiger partial charge in [0.25, 0.3) is 0 Å². The van der Waals surface area contributed by atoms with Gasteiger partial charge in [-0.05, 0) is 123 Å². The second kappa shape index (κ2) is 20.8. The summed E-state index contributed by atoms with van der Waals surface area (Å²) in [6.07, 6.45) is 0. The predicted octanol–water partition coefficient (Wildman–Crippen LogP) is 10.8. The van der Waals surface area contributed by atoms with Crippen molar-refractivity contribution in [2.75, 3.05) is 52.4 Å². The summed E-state index contributed by atoms with van der Waals surface area (Å²) in [4.78, 5) is 14.4. The molecule has 0 radical (unpaired) electrons. The third kappa shape index (κ3) is 10.9. The van der Waals surface area contributed by atoms with E-state index in [9.17, 15) is 20.4 Å². The van der Waals surface area contributed by atoms with Crippen LogP contribution in [-0.2, 0) is 26.2 Å². The first-order valence-electron chi connectivity index (χ1n) is 20.0. The topological polar surface area (TPSA) is 93.9 Å². The standard InChI is InChI=1S/C44H60N4O4S4/c1-9-45(10-2)25-29-17-33-41(49)34(18-29)54-36-20-31(27-47(13-5)14-6)22-38(43(36)51)56-40-24-32(28-48(15-7)16-8)23-39(44(40)52)55-37-21-30(26-46(11-3)12-4)19-35(53-33)42(37)50/h17-24,49-52H,9-16,25-28H2,1-8H3. The van der Waals surface area contributed by atoms with Crippen LogP contribution in [0.2, 0.25) is 0 Å². The minimum Gasteiger partial charge on any atom is -0.506 e. The number of rotatable bonds is 16. The highest BCUT2D eigenvalue weighted by Gasteiger charge is 2.24. The van der Waals surface area contributed by atoms with Crippen LogP contribution in [0, 0.1) is 0 Å². The summed E-state index contributed by atoms with van der Waals surface area (Å²) in [6.45, 7) is 27.1. The molecule has 0 saturated heterocycles. The Balaban J connectivity index is 1.80. The zero-order valence-corrected chi connectivity index (χ0v) is 37.6. The van der Waals surface area contributed by atoms with Gasteiger partial charge in [0.05, 0.1) is 39.2 Å². The van der Waals surface area contributed by atoms with Gasteiger partial charge in [-0.3, -0.25) is 19.6 Å². The molecule has 0 amide bonds. The first-order valence-corrected chi connectivity index (χ1v) is 23.3. The molecule has 0 atom stereocenters. The van der Waals surface area contributed by atoms with Crippen molar-refractivity contribution in [1.29, 1.82) is 0 Å². The van der Waals surface area contributed by atoms with Crippen molar-refractivity contribution in [3.63, 3.8) is 0 Å². The van der Waals surface area contributed by atoms with Crippen LogP contribution in [-0.4, -0.2) is 92.4 Å². The Morgan fingerprint density at radius 3 is 0.571 bits per heavy atom. The van der Waals surface area contributed by atoms with E-state index in [4.69, 9.17) is 0 Å². The van der Waals surface area contributed by atoms with Crippen LogP contribution in [0.15, 0.2) is 87.7 Å². The fourth-order valence-electron chi connectivity index (χ4n) is 6.83. The highest BCUT2D eigenvalue weighted by molar-refractivity contribution is 8.01. The Morgan fingerprint density at radius 2 is 0.446 bits per heavy atom. The van der Waals surface area contributed by atoms with E-state index in [1.165, 1.54) is 47.0 Å². The summed E-state index contributed by atoms with van der Waals surface area (Å²) in [5.41, 5.74) is 4.17. The molecule has 1 aliphatic heterocycles. The molecule has 0 spiro atoms. The van der Waals surface area contributed by atoms with Crippen LogP contribution in [0.4, 0.5) is 0 Å². The molecule has 1 heterocycles. The molecule has 5 rings (SSSR count). The van der Waals surface area contributed by atoms with E-state index in [0.29, 0.717) is 65.3 Å². The third-order valence-corrected chi connectivity index (χ3v) is 14.7. The molecule has 8 bridgehead atoms. The lowest BCUT2D eigenvalue weighted by molar-refractivity contribution is 0.295. The fraction of sp³-hybridized carbons (Fsp3) is 0.455. The van der Waals surface area contributed by atoms with Gasteiger partial charge in [-0.25, -0.2) is 0 Å². The van der Waals surface area contributed by atoms with Crippen LogP contribution >= 0.6 is 47.0 Å². The molecule has 4 aromatic carbocycles. The number of benzene rings is 4. The molecule has 1 aliphatic rings. The SMILES string of the molecule is CCN(CC)Cc1cc2c(O)c(c1)Sc1cc(CN(CC)CC)cc(c1O)Sc1cc(CN(CC)CC)cc(c1O)Sc1cc(CN(CC)CC)cc(c1O)S2. The van der Waals surface area contributed by atoms with E-state index in [-0.39, 0.29) is 23.0 Å². The van der Waals surface area contributed by atoms with E-state index in [1.807, 2.05) is 48.5 Å². The molecular formula is C44H60N4O4S4. The molecule has 0 fully saturated rings. The van der Waals surface area contributed by atoms with E-state index in [1.54, 1.807) is 0 Å². The Labute approximate surface area is 352 Å². The number of hydrogen-bond acceptors (Lipinski definition) is 12. The average Bonchev–Trinajstić information content (AvgIpc) is 3.20. The molecule has 12 heteroatoms. The zero-order valence-electron chi connectivity index (χ0n) is 34.3. The van der Waals surface area contributed by atoms with Gasteiger partial charge in [-0.1, -0.05) is 102 Å². The summed E-state index contributed by atoms with van der Waals surface area (Å²) in [7, 11) is 0.